The molecule has 104 valence electrons. The van der Waals surface area contributed by atoms with Crippen LogP contribution in [0.3, 0.4) is 0 Å². The van der Waals surface area contributed by atoms with Crippen molar-refractivity contribution in [1.29, 1.82) is 0 Å². The topological polar surface area (TPSA) is 38.7 Å². The Hall–Kier alpha value is -2.00. The predicted octanol–water partition coefficient (Wildman–Crippen LogP) is 3.12. The molecule has 20 heavy (non-hydrogen) atoms. The van der Waals surface area contributed by atoms with Gasteiger partial charge in [0.1, 0.15) is 0 Å². The van der Waals surface area contributed by atoms with Crippen LogP contribution in [0.15, 0.2) is 48.5 Å². The standard InChI is InChI=1S/C17H18O3/c18-15(11-13-5-2-1-3-6-13)14-7-8-16-17(12-14)20-10-4-9-19-16/h1-3,5-8,12,15,18H,4,9-11H2. The Morgan fingerprint density at radius 2 is 1.70 bits per heavy atom. The molecule has 0 amide bonds. The van der Waals surface area contributed by atoms with E-state index in [1.807, 2.05) is 48.5 Å². The van der Waals surface area contributed by atoms with Crippen molar-refractivity contribution >= 4 is 0 Å². The summed E-state index contributed by atoms with van der Waals surface area (Å²) in [6.07, 6.45) is 0.950. The fourth-order valence-corrected chi connectivity index (χ4v) is 2.34. The van der Waals surface area contributed by atoms with E-state index >= 15 is 0 Å². The molecular formula is C17H18O3. The number of rotatable bonds is 3. The van der Waals surface area contributed by atoms with Gasteiger partial charge in [-0.2, -0.15) is 0 Å². The second kappa shape index (κ2) is 5.97. The number of ether oxygens (including phenoxy) is 2. The van der Waals surface area contributed by atoms with Crippen molar-refractivity contribution in [3.8, 4) is 11.5 Å². The van der Waals surface area contributed by atoms with Crippen LogP contribution in [0.1, 0.15) is 23.7 Å². The van der Waals surface area contributed by atoms with Crippen molar-refractivity contribution in [1.82, 2.24) is 0 Å². The second-order valence-corrected chi connectivity index (χ2v) is 4.96. The first-order valence-electron chi connectivity index (χ1n) is 6.94. The average molecular weight is 270 g/mol. The molecule has 0 saturated heterocycles. The summed E-state index contributed by atoms with van der Waals surface area (Å²) in [4.78, 5) is 0. The van der Waals surface area contributed by atoms with Crippen LogP contribution in [-0.2, 0) is 6.42 Å². The van der Waals surface area contributed by atoms with Crippen molar-refractivity contribution in [2.75, 3.05) is 13.2 Å². The molecule has 0 bridgehead atoms. The molecule has 0 fully saturated rings. The maximum absolute atomic E-state index is 10.3. The van der Waals surface area contributed by atoms with Crippen molar-refractivity contribution in [2.24, 2.45) is 0 Å². The smallest absolute Gasteiger partial charge is 0.161 e. The molecule has 1 aliphatic heterocycles. The molecule has 1 atom stereocenters. The second-order valence-electron chi connectivity index (χ2n) is 4.96. The lowest BCUT2D eigenvalue weighted by molar-refractivity contribution is 0.178. The van der Waals surface area contributed by atoms with Gasteiger partial charge >= 0.3 is 0 Å². The SMILES string of the molecule is OC(Cc1ccccc1)c1ccc2c(c1)OCCCO2. The van der Waals surface area contributed by atoms with Crippen LogP contribution in [0, 0.1) is 0 Å². The predicted molar refractivity (Wildman–Crippen MR) is 77.2 cm³/mol. The highest BCUT2D eigenvalue weighted by atomic mass is 16.5. The lowest BCUT2D eigenvalue weighted by Crippen LogP contribution is -2.02. The van der Waals surface area contributed by atoms with Gasteiger partial charge in [0.15, 0.2) is 11.5 Å². The lowest BCUT2D eigenvalue weighted by Gasteiger charge is -2.14. The van der Waals surface area contributed by atoms with Crippen LogP contribution >= 0.6 is 0 Å². The summed E-state index contributed by atoms with van der Waals surface area (Å²) in [5.41, 5.74) is 1.98. The quantitative estimate of drug-likeness (QED) is 0.931. The van der Waals surface area contributed by atoms with Crippen molar-refractivity contribution in [3.05, 3.63) is 59.7 Å². The molecule has 1 unspecified atom stereocenters. The van der Waals surface area contributed by atoms with Crippen LogP contribution < -0.4 is 9.47 Å². The van der Waals surface area contributed by atoms with Gasteiger partial charge in [-0.1, -0.05) is 36.4 Å². The highest BCUT2D eigenvalue weighted by Gasteiger charge is 2.14. The Morgan fingerprint density at radius 3 is 2.50 bits per heavy atom. The third-order valence-corrected chi connectivity index (χ3v) is 3.43. The first kappa shape index (κ1) is 13.0. The first-order chi connectivity index (χ1) is 9.83. The number of aliphatic hydroxyl groups excluding tert-OH is 1. The molecule has 0 spiro atoms. The van der Waals surface area contributed by atoms with Gasteiger partial charge < -0.3 is 14.6 Å². The molecule has 3 nitrogen and oxygen atoms in total. The third kappa shape index (κ3) is 2.94. The summed E-state index contributed by atoms with van der Waals surface area (Å²) in [5, 5.41) is 10.3. The Morgan fingerprint density at radius 1 is 0.950 bits per heavy atom. The zero-order valence-electron chi connectivity index (χ0n) is 11.3. The van der Waals surface area contributed by atoms with Crippen molar-refractivity contribution in [2.45, 2.75) is 18.9 Å². The Bertz CT molecular complexity index is 566. The molecule has 1 heterocycles. The van der Waals surface area contributed by atoms with E-state index < -0.39 is 6.10 Å². The largest absolute Gasteiger partial charge is 0.490 e. The maximum Gasteiger partial charge on any atom is 0.161 e. The molecule has 0 radical (unpaired) electrons. The average Bonchev–Trinajstić information content (AvgIpc) is 2.72. The van der Waals surface area contributed by atoms with Crippen LogP contribution in [0.25, 0.3) is 0 Å². The van der Waals surface area contributed by atoms with E-state index in [0.717, 1.165) is 29.0 Å². The Balaban J connectivity index is 1.78. The highest BCUT2D eigenvalue weighted by molar-refractivity contribution is 5.44. The van der Waals surface area contributed by atoms with E-state index in [1.165, 1.54) is 0 Å². The molecule has 2 aromatic carbocycles. The van der Waals surface area contributed by atoms with Crippen LogP contribution in [0.5, 0.6) is 11.5 Å². The van der Waals surface area contributed by atoms with Gasteiger partial charge in [-0.25, -0.2) is 0 Å². The number of hydrogen-bond acceptors (Lipinski definition) is 3. The molecule has 0 aromatic heterocycles. The fourth-order valence-electron chi connectivity index (χ4n) is 2.34. The fraction of sp³-hybridized carbons (Fsp3) is 0.294. The summed E-state index contributed by atoms with van der Waals surface area (Å²) in [6.45, 7) is 1.34. The van der Waals surface area contributed by atoms with Gasteiger partial charge in [0, 0.05) is 12.8 Å². The summed E-state index contributed by atoms with van der Waals surface area (Å²) in [7, 11) is 0. The van der Waals surface area contributed by atoms with Crippen LogP contribution in [0.2, 0.25) is 0 Å². The third-order valence-electron chi connectivity index (χ3n) is 3.43. The van der Waals surface area contributed by atoms with Crippen LogP contribution in [0.4, 0.5) is 0 Å². The normalized spacial score (nSPS) is 15.4. The molecule has 0 aliphatic carbocycles. The molecule has 0 saturated carbocycles. The van der Waals surface area contributed by atoms with E-state index in [4.69, 9.17) is 9.47 Å². The van der Waals surface area contributed by atoms with Gasteiger partial charge in [0.25, 0.3) is 0 Å². The highest BCUT2D eigenvalue weighted by Crippen LogP contribution is 2.33. The molecule has 2 aromatic rings. The minimum Gasteiger partial charge on any atom is -0.490 e. The summed E-state index contributed by atoms with van der Waals surface area (Å²) in [6, 6.07) is 15.6. The number of aliphatic hydroxyl groups is 1. The zero-order chi connectivity index (χ0) is 13.8. The molecule has 3 heteroatoms. The lowest BCUT2D eigenvalue weighted by atomic mass is 10.0. The minimum atomic E-state index is -0.533. The summed E-state index contributed by atoms with van der Waals surface area (Å²) >= 11 is 0. The van der Waals surface area contributed by atoms with Gasteiger partial charge in [0.05, 0.1) is 19.3 Å². The maximum atomic E-state index is 10.3. The van der Waals surface area contributed by atoms with Crippen molar-refractivity contribution < 1.29 is 14.6 Å². The molecular weight excluding hydrogens is 252 g/mol. The van der Waals surface area contributed by atoms with E-state index in [0.29, 0.717) is 19.6 Å². The van der Waals surface area contributed by atoms with Crippen molar-refractivity contribution in [3.63, 3.8) is 0 Å². The Kier molecular flexibility index (Phi) is 3.88. The Labute approximate surface area is 118 Å². The summed E-state index contributed by atoms with van der Waals surface area (Å²) in [5.74, 6) is 1.49. The molecule has 1 N–H and O–H groups in total. The van der Waals surface area contributed by atoms with Crippen LogP contribution in [-0.4, -0.2) is 18.3 Å². The zero-order valence-corrected chi connectivity index (χ0v) is 11.3. The van der Waals surface area contributed by atoms with Gasteiger partial charge in [0.2, 0.25) is 0 Å². The first-order valence-corrected chi connectivity index (χ1v) is 6.94. The molecule has 3 rings (SSSR count). The van der Waals surface area contributed by atoms with Gasteiger partial charge in [-0.05, 0) is 23.3 Å². The van der Waals surface area contributed by atoms with Gasteiger partial charge in [-0.3, -0.25) is 0 Å². The monoisotopic (exact) mass is 270 g/mol. The van der Waals surface area contributed by atoms with Gasteiger partial charge in [-0.15, -0.1) is 0 Å². The summed E-state index contributed by atoms with van der Waals surface area (Å²) < 4.78 is 11.2. The van der Waals surface area contributed by atoms with E-state index in [2.05, 4.69) is 0 Å². The van der Waals surface area contributed by atoms with E-state index in [9.17, 15) is 5.11 Å². The number of hydrogen-bond donors (Lipinski definition) is 1. The number of fused-ring (bicyclic) bond motifs is 1. The van der Waals surface area contributed by atoms with E-state index in [1.54, 1.807) is 0 Å². The molecule has 1 aliphatic rings. The number of benzene rings is 2. The van der Waals surface area contributed by atoms with E-state index in [-0.39, 0.29) is 0 Å². The minimum absolute atomic E-state index is 0.533.